The molecule has 0 N–H and O–H groups in total. The van der Waals surface area contributed by atoms with E-state index in [1.165, 1.54) is 17.4 Å². The molecule has 0 radical (unpaired) electrons. The predicted octanol–water partition coefficient (Wildman–Crippen LogP) is 4.09. The van der Waals surface area contributed by atoms with Crippen LogP contribution in [0.5, 0.6) is 5.88 Å². The Hall–Kier alpha value is -2.56. The number of benzene rings is 1. The normalized spacial score (nSPS) is 15.7. The molecule has 0 bridgehead atoms. The van der Waals surface area contributed by atoms with Crippen molar-refractivity contribution < 1.29 is 9.13 Å². The number of rotatable bonds is 4. The highest BCUT2D eigenvalue weighted by Crippen LogP contribution is 2.29. The molecule has 0 atom stereocenters. The van der Waals surface area contributed by atoms with Crippen LogP contribution < -0.4 is 4.74 Å². The van der Waals surface area contributed by atoms with Gasteiger partial charge in [-0.25, -0.2) is 14.4 Å². The SMILES string of the molecule is CN1CCC(c2cccc(OCc3nc4c(F)cc(C#N)cc4s3)n2)CC1. The first-order chi connectivity index (χ1) is 13.1. The minimum atomic E-state index is -0.478. The smallest absolute Gasteiger partial charge is 0.213 e. The van der Waals surface area contributed by atoms with Gasteiger partial charge in [0.05, 0.1) is 16.3 Å². The van der Waals surface area contributed by atoms with Crippen LogP contribution in [0.3, 0.4) is 0 Å². The lowest BCUT2D eigenvalue weighted by molar-refractivity contribution is 0.250. The molecule has 0 amide bonds. The number of nitriles is 1. The summed E-state index contributed by atoms with van der Waals surface area (Å²) < 4.78 is 20.5. The Morgan fingerprint density at radius 3 is 2.89 bits per heavy atom. The van der Waals surface area contributed by atoms with E-state index in [0.717, 1.165) is 31.6 Å². The lowest BCUT2D eigenvalue weighted by Gasteiger charge is -2.28. The van der Waals surface area contributed by atoms with Crippen LogP contribution in [0.2, 0.25) is 0 Å². The Labute approximate surface area is 161 Å². The monoisotopic (exact) mass is 382 g/mol. The molecular weight excluding hydrogens is 363 g/mol. The summed E-state index contributed by atoms with van der Waals surface area (Å²) in [5.74, 6) is 0.545. The molecule has 4 rings (SSSR count). The van der Waals surface area contributed by atoms with Crippen LogP contribution in [0.1, 0.15) is 35.0 Å². The van der Waals surface area contributed by atoms with Crippen LogP contribution in [0.4, 0.5) is 4.39 Å². The highest BCUT2D eigenvalue weighted by atomic mass is 32.1. The number of likely N-dealkylation sites (tertiary alicyclic amines) is 1. The minimum Gasteiger partial charge on any atom is -0.470 e. The predicted molar refractivity (Wildman–Crippen MR) is 102 cm³/mol. The van der Waals surface area contributed by atoms with E-state index in [0.29, 0.717) is 27.1 Å². The van der Waals surface area contributed by atoms with Gasteiger partial charge in [0.1, 0.15) is 17.1 Å². The number of nitrogens with zero attached hydrogens (tertiary/aromatic N) is 4. The maximum Gasteiger partial charge on any atom is 0.213 e. The van der Waals surface area contributed by atoms with Gasteiger partial charge in [-0.15, -0.1) is 11.3 Å². The summed E-state index contributed by atoms with van der Waals surface area (Å²) in [6.07, 6.45) is 2.21. The topological polar surface area (TPSA) is 62.0 Å². The molecule has 1 saturated heterocycles. The number of ether oxygens (including phenoxy) is 1. The standard InChI is InChI=1S/C20H19FN4OS/c1-25-7-5-14(6-8-25)16-3-2-4-18(23-16)26-12-19-24-20-15(21)9-13(11-22)10-17(20)27-19/h2-4,9-10,14H,5-8,12H2,1H3. The Morgan fingerprint density at radius 1 is 1.30 bits per heavy atom. The number of halogens is 1. The largest absolute Gasteiger partial charge is 0.470 e. The number of piperidine rings is 1. The average Bonchev–Trinajstić information content (AvgIpc) is 3.11. The zero-order valence-electron chi connectivity index (χ0n) is 15.0. The van der Waals surface area contributed by atoms with Gasteiger partial charge in [-0.2, -0.15) is 5.26 Å². The highest BCUT2D eigenvalue weighted by Gasteiger charge is 2.20. The molecule has 3 heterocycles. The van der Waals surface area contributed by atoms with E-state index in [2.05, 4.69) is 28.0 Å². The molecule has 0 unspecified atom stereocenters. The molecule has 138 valence electrons. The Morgan fingerprint density at radius 2 is 2.11 bits per heavy atom. The Balaban J connectivity index is 1.47. The van der Waals surface area contributed by atoms with E-state index in [-0.39, 0.29) is 12.1 Å². The quantitative estimate of drug-likeness (QED) is 0.680. The fourth-order valence-electron chi connectivity index (χ4n) is 3.34. The molecule has 5 nitrogen and oxygen atoms in total. The highest BCUT2D eigenvalue weighted by molar-refractivity contribution is 7.18. The van der Waals surface area contributed by atoms with Crippen LogP contribution in [-0.2, 0) is 6.61 Å². The van der Waals surface area contributed by atoms with Gasteiger partial charge in [-0.05, 0) is 51.2 Å². The van der Waals surface area contributed by atoms with Crippen molar-refractivity contribution in [2.75, 3.05) is 20.1 Å². The fraction of sp³-hybridized carbons (Fsp3) is 0.350. The molecule has 2 aromatic heterocycles. The van der Waals surface area contributed by atoms with E-state index in [1.807, 2.05) is 18.2 Å². The number of aromatic nitrogens is 2. The van der Waals surface area contributed by atoms with Crippen LogP contribution >= 0.6 is 11.3 Å². The van der Waals surface area contributed by atoms with Crippen LogP contribution in [0.15, 0.2) is 30.3 Å². The third-order valence-electron chi connectivity index (χ3n) is 4.85. The third-order valence-corrected chi connectivity index (χ3v) is 5.82. The Bertz CT molecular complexity index is 1000. The maximum atomic E-state index is 14.0. The van der Waals surface area contributed by atoms with E-state index in [9.17, 15) is 4.39 Å². The van der Waals surface area contributed by atoms with Crippen molar-refractivity contribution >= 4 is 21.6 Å². The number of hydrogen-bond acceptors (Lipinski definition) is 6. The number of hydrogen-bond donors (Lipinski definition) is 0. The molecule has 0 saturated carbocycles. The van der Waals surface area contributed by atoms with Crippen molar-refractivity contribution in [2.45, 2.75) is 25.4 Å². The molecule has 1 aromatic carbocycles. The first-order valence-corrected chi connectivity index (χ1v) is 9.71. The molecule has 3 aromatic rings. The van der Waals surface area contributed by atoms with E-state index >= 15 is 0 Å². The summed E-state index contributed by atoms with van der Waals surface area (Å²) in [4.78, 5) is 11.3. The van der Waals surface area contributed by atoms with E-state index in [4.69, 9.17) is 10.00 Å². The first-order valence-electron chi connectivity index (χ1n) is 8.90. The van der Waals surface area contributed by atoms with Gasteiger partial charge in [-0.3, -0.25) is 0 Å². The van der Waals surface area contributed by atoms with Crippen LogP contribution in [-0.4, -0.2) is 35.0 Å². The molecule has 1 fully saturated rings. The summed E-state index contributed by atoms with van der Waals surface area (Å²) in [5, 5.41) is 9.62. The van der Waals surface area contributed by atoms with E-state index < -0.39 is 5.82 Å². The molecule has 1 aliphatic rings. The number of fused-ring (bicyclic) bond motifs is 1. The molecule has 0 spiro atoms. The van der Waals surface area contributed by atoms with Crippen molar-refractivity contribution in [3.63, 3.8) is 0 Å². The maximum absolute atomic E-state index is 14.0. The fourth-order valence-corrected chi connectivity index (χ4v) is 4.27. The van der Waals surface area contributed by atoms with Gasteiger partial charge in [-0.1, -0.05) is 6.07 Å². The molecular formula is C20H19FN4OS. The second kappa shape index (κ2) is 7.59. The van der Waals surface area contributed by atoms with Gasteiger partial charge >= 0.3 is 0 Å². The summed E-state index contributed by atoms with van der Waals surface area (Å²) in [6.45, 7) is 2.39. The summed E-state index contributed by atoms with van der Waals surface area (Å²) in [5.41, 5.74) is 1.64. The van der Waals surface area contributed by atoms with Crippen LogP contribution in [0, 0.1) is 17.1 Å². The summed E-state index contributed by atoms with van der Waals surface area (Å²) in [6, 6.07) is 10.7. The molecule has 0 aliphatic carbocycles. The van der Waals surface area contributed by atoms with Crippen LogP contribution in [0.25, 0.3) is 10.2 Å². The molecule has 7 heteroatoms. The van der Waals surface area contributed by atoms with Gasteiger partial charge in [0, 0.05) is 17.7 Å². The second-order valence-electron chi connectivity index (χ2n) is 6.79. The van der Waals surface area contributed by atoms with Crippen molar-refractivity contribution in [2.24, 2.45) is 0 Å². The van der Waals surface area contributed by atoms with E-state index in [1.54, 1.807) is 6.07 Å². The lowest BCUT2D eigenvalue weighted by Crippen LogP contribution is -2.29. The van der Waals surface area contributed by atoms with Crippen molar-refractivity contribution in [1.29, 1.82) is 5.26 Å². The average molecular weight is 382 g/mol. The number of pyridine rings is 1. The van der Waals surface area contributed by atoms with Crippen molar-refractivity contribution in [3.05, 3.63) is 52.4 Å². The van der Waals surface area contributed by atoms with Gasteiger partial charge in [0.25, 0.3) is 0 Å². The Kier molecular flexibility index (Phi) is 5.01. The zero-order chi connectivity index (χ0) is 18.8. The summed E-state index contributed by atoms with van der Waals surface area (Å²) in [7, 11) is 2.14. The van der Waals surface area contributed by atoms with Gasteiger partial charge in [0.2, 0.25) is 5.88 Å². The first kappa shape index (κ1) is 17.8. The third kappa shape index (κ3) is 3.92. The summed E-state index contributed by atoms with van der Waals surface area (Å²) >= 11 is 1.33. The van der Waals surface area contributed by atoms with Crippen molar-refractivity contribution in [1.82, 2.24) is 14.9 Å². The van der Waals surface area contributed by atoms with Gasteiger partial charge in [0.15, 0.2) is 5.82 Å². The number of thiazole rings is 1. The minimum absolute atomic E-state index is 0.227. The van der Waals surface area contributed by atoms with Gasteiger partial charge < -0.3 is 9.64 Å². The zero-order valence-corrected chi connectivity index (χ0v) is 15.8. The second-order valence-corrected chi connectivity index (χ2v) is 7.91. The van der Waals surface area contributed by atoms with Crippen molar-refractivity contribution in [3.8, 4) is 11.9 Å². The lowest BCUT2D eigenvalue weighted by atomic mass is 9.93. The molecule has 1 aliphatic heterocycles. The molecule has 27 heavy (non-hydrogen) atoms.